The molecule has 2 N–H and O–H groups in total. The third kappa shape index (κ3) is 2.53. The highest BCUT2D eigenvalue weighted by molar-refractivity contribution is 8.00. The summed E-state index contributed by atoms with van der Waals surface area (Å²) >= 11 is 1.13. The van der Waals surface area contributed by atoms with Crippen LogP contribution in [0.1, 0.15) is 13.8 Å². The monoisotopic (exact) mass is 268 g/mol. The molecule has 1 unspecified atom stereocenters. The van der Waals surface area contributed by atoms with Crippen molar-refractivity contribution in [3.8, 4) is 0 Å². The number of aromatic nitrogens is 4. The van der Waals surface area contributed by atoms with Crippen LogP contribution < -0.4 is 5.56 Å². The van der Waals surface area contributed by atoms with Gasteiger partial charge in [0.05, 0.1) is 12.9 Å². The Balaban J connectivity index is 2.21. The molecule has 18 heavy (non-hydrogen) atoms. The molecule has 0 aliphatic rings. The first-order valence-corrected chi connectivity index (χ1v) is 6.26. The molecule has 2 heterocycles. The number of carbonyl (C=O) groups is 1. The minimum absolute atomic E-state index is 0.309. The lowest BCUT2D eigenvalue weighted by Gasteiger charge is -2.08. The molecule has 0 amide bonds. The van der Waals surface area contributed by atoms with Crippen LogP contribution in [0, 0.1) is 0 Å². The fourth-order valence-corrected chi connectivity index (χ4v) is 2.14. The first kappa shape index (κ1) is 12.6. The molecule has 2 rings (SSSR count). The molecule has 96 valence electrons. The number of carbonyl (C=O) groups excluding carboxylic acids is 1. The van der Waals surface area contributed by atoms with Gasteiger partial charge in [-0.15, -0.1) is 0 Å². The van der Waals surface area contributed by atoms with Gasteiger partial charge in [0.1, 0.15) is 5.25 Å². The van der Waals surface area contributed by atoms with E-state index in [2.05, 4.69) is 19.9 Å². The number of nitrogens with zero attached hydrogens (tertiary/aromatic N) is 2. The molecule has 0 fully saturated rings. The van der Waals surface area contributed by atoms with Gasteiger partial charge in [0.25, 0.3) is 5.56 Å². The summed E-state index contributed by atoms with van der Waals surface area (Å²) in [5.74, 6) is -0.340. The molecule has 0 aliphatic carbocycles. The number of hydrogen-bond acceptors (Lipinski definition) is 6. The molecule has 7 nitrogen and oxygen atoms in total. The maximum atomic E-state index is 11.6. The van der Waals surface area contributed by atoms with E-state index in [0.29, 0.717) is 22.9 Å². The van der Waals surface area contributed by atoms with Crippen molar-refractivity contribution in [1.29, 1.82) is 0 Å². The Labute approximate surface area is 106 Å². The molecule has 0 bridgehead atoms. The number of esters is 1. The highest BCUT2D eigenvalue weighted by Gasteiger charge is 2.17. The van der Waals surface area contributed by atoms with Crippen LogP contribution in [0.25, 0.3) is 11.2 Å². The summed E-state index contributed by atoms with van der Waals surface area (Å²) < 4.78 is 4.88. The van der Waals surface area contributed by atoms with E-state index in [9.17, 15) is 9.59 Å². The minimum Gasteiger partial charge on any atom is -0.465 e. The predicted octanol–water partition coefficient (Wildman–Crippen LogP) is 0.690. The quantitative estimate of drug-likeness (QED) is 0.480. The molecule has 2 aromatic heterocycles. The fraction of sp³-hybridized carbons (Fsp3) is 0.400. The second kappa shape index (κ2) is 5.21. The Morgan fingerprint density at radius 2 is 2.39 bits per heavy atom. The van der Waals surface area contributed by atoms with Crippen LogP contribution in [0.4, 0.5) is 0 Å². The number of aromatic amines is 2. The summed E-state index contributed by atoms with van der Waals surface area (Å²) in [4.78, 5) is 36.4. The van der Waals surface area contributed by atoms with E-state index in [-0.39, 0.29) is 11.5 Å². The largest absolute Gasteiger partial charge is 0.465 e. The molecule has 0 saturated carbocycles. The van der Waals surface area contributed by atoms with Crippen LogP contribution in [-0.4, -0.2) is 37.8 Å². The molecule has 0 spiro atoms. The number of H-pyrrole nitrogens is 2. The molecule has 8 heteroatoms. The van der Waals surface area contributed by atoms with Crippen molar-refractivity contribution in [2.45, 2.75) is 24.3 Å². The van der Waals surface area contributed by atoms with Gasteiger partial charge in [-0.25, -0.2) is 9.97 Å². The zero-order valence-corrected chi connectivity index (χ0v) is 10.7. The van der Waals surface area contributed by atoms with Crippen molar-refractivity contribution in [3.63, 3.8) is 0 Å². The number of rotatable bonds is 4. The van der Waals surface area contributed by atoms with Crippen LogP contribution in [0.15, 0.2) is 16.3 Å². The summed E-state index contributed by atoms with van der Waals surface area (Å²) in [6, 6.07) is 0. The van der Waals surface area contributed by atoms with Crippen LogP contribution in [0.3, 0.4) is 0 Å². The lowest BCUT2D eigenvalue weighted by atomic mass is 10.5. The van der Waals surface area contributed by atoms with Crippen molar-refractivity contribution in [3.05, 3.63) is 16.7 Å². The molecular weight excluding hydrogens is 256 g/mol. The summed E-state index contributed by atoms with van der Waals surface area (Å²) in [6.45, 7) is 3.76. The van der Waals surface area contributed by atoms with Crippen molar-refractivity contribution < 1.29 is 9.53 Å². The third-order valence-corrected chi connectivity index (χ3v) is 3.14. The van der Waals surface area contributed by atoms with Crippen LogP contribution in [0.2, 0.25) is 0 Å². The maximum Gasteiger partial charge on any atom is 0.319 e. The second-order valence-electron chi connectivity index (χ2n) is 3.48. The minimum atomic E-state index is -0.440. The lowest BCUT2D eigenvalue weighted by Crippen LogP contribution is -2.18. The molecular formula is C10H12N4O3S. The van der Waals surface area contributed by atoms with E-state index in [1.807, 2.05) is 0 Å². The third-order valence-electron chi connectivity index (χ3n) is 2.18. The zero-order chi connectivity index (χ0) is 13.1. The zero-order valence-electron chi connectivity index (χ0n) is 9.89. The standard InChI is InChI=1S/C10H12N4O3S/c1-3-17-9(16)5(2)18-10-13-7-6(8(15)14-10)11-4-12-7/h4-5H,3H2,1-2H3,(H2,11,12,13,14,15). The Morgan fingerprint density at radius 1 is 1.61 bits per heavy atom. The molecule has 2 aromatic rings. The van der Waals surface area contributed by atoms with E-state index in [4.69, 9.17) is 4.74 Å². The van der Waals surface area contributed by atoms with Gasteiger partial charge >= 0.3 is 5.97 Å². The van der Waals surface area contributed by atoms with Gasteiger partial charge in [-0.2, -0.15) is 0 Å². The first-order valence-electron chi connectivity index (χ1n) is 5.38. The topological polar surface area (TPSA) is 101 Å². The van der Waals surface area contributed by atoms with Crippen molar-refractivity contribution in [1.82, 2.24) is 19.9 Å². The van der Waals surface area contributed by atoms with Crippen LogP contribution >= 0.6 is 11.8 Å². The average Bonchev–Trinajstić information content (AvgIpc) is 2.77. The van der Waals surface area contributed by atoms with Gasteiger partial charge in [-0.05, 0) is 13.8 Å². The number of fused-ring (bicyclic) bond motifs is 1. The Kier molecular flexibility index (Phi) is 3.66. The molecule has 1 atom stereocenters. The highest BCUT2D eigenvalue weighted by Crippen LogP contribution is 2.20. The summed E-state index contributed by atoms with van der Waals surface area (Å²) in [7, 11) is 0. The smallest absolute Gasteiger partial charge is 0.319 e. The number of imidazole rings is 1. The number of ether oxygens (including phenoxy) is 1. The number of thioether (sulfide) groups is 1. The summed E-state index contributed by atoms with van der Waals surface area (Å²) in [5, 5.41) is -0.0929. The molecule has 0 saturated heterocycles. The summed E-state index contributed by atoms with van der Waals surface area (Å²) in [5.41, 5.74) is 0.344. The van der Waals surface area contributed by atoms with Gasteiger partial charge in [-0.3, -0.25) is 14.6 Å². The van der Waals surface area contributed by atoms with E-state index in [1.54, 1.807) is 13.8 Å². The van der Waals surface area contributed by atoms with E-state index in [0.717, 1.165) is 11.8 Å². The SMILES string of the molecule is CCOC(=O)C(C)Sc1nc2nc[nH]c2c(=O)[nH]1. The normalized spacial score (nSPS) is 12.6. The van der Waals surface area contributed by atoms with Gasteiger partial charge in [0, 0.05) is 0 Å². The lowest BCUT2D eigenvalue weighted by molar-refractivity contribution is -0.142. The Bertz CT molecular complexity index is 621. The van der Waals surface area contributed by atoms with Gasteiger partial charge in [0.2, 0.25) is 0 Å². The van der Waals surface area contributed by atoms with Crippen LogP contribution in [0.5, 0.6) is 0 Å². The second-order valence-corrected chi connectivity index (χ2v) is 4.81. The predicted molar refractivity (Wildman–Crippen MR) is 66.5 cm³/mol. The maximum absolute atomic E-state index is 11.6. The van der Waals surface area contributed by atoms with Crippen molar-refractivity contribution >= 4 is 28.9 Å². The van der Waals surface area contributed by atoms with E-state index < -0.39 is 5.25 Å². The molecule has 0 aliphatic heterocycles. The number of nitrogens with one attached hydrogen (secondary N) is 2. The number of hydrogen-bond donors (Lipinski definition) is 2. The average molecular weight is 268 g/mol. The first-order chi connectivity index (χ1) is 8.61. The summed E-state index contributed by atoms with van der Waals surface area (Å²) in [6.07, 6.45) is 1.40. The van der Waals surface area contributed by atoms with E-state index >= 15 is 0 Å². The van der Waals surface area contributed by atoms with Gasteiger partial charge in [0.15, 0.2) is 16.3 Å². The van der Waals surface area contributed by atoms with E-state index in [1.165, 1.54) is 6.33 Å². The Hall–Kier alpha value is -1.83. The van der Waals surface area contributed by atoms with Crippen molar-refractivity contribution in [2.75, 3.05) is 6.61 Å². The van der Waals surface area contributed by atoms with Gasteiger partial charge < -0.3 is 9.72 Å². The van der Waals surface area contributed by atoms with Crippen molar-refractivity contribution in [2.24, 2.45) is 0 Å². The Morgan fingerprint density at radius 3 is 3.11 bits per heavy atom. The fourth-order valence-electron chi connectivity index (χ4n) is 1.35. The van der Waals surface area contributed by atoms with Crippen LogP contribution in [-0.2, 0) is 9.53 Å². The van der Waals surface area contributed by atoms with Gasteiger partial charge in [-0.1, -0.05) is 11.8 Å². The molecule has 0 aromatic carbocycles. The molecule has 0 radical (unpaired) electrons. The highest BCUT2D eigenvalue weighted by atomic mass is 32.2.